The number of hydrogen-bond donors (Lipinski definition) is 2. The third kappa shape index (κ3) is 4.53. The van der Waals surface area contributed by atoms with E-state index < -0.39 is 27.9 Å². The highest BCUT2D eigenvalue weighted by Gasteiger charge is 2.27. The molecular weight excluding hydrogens is 360 g/mol. The van der Waals surface area contributed by atoms with Gasteiger partial charge >= 0.3 is 5.97 Å². The topological polar surface area (TPSA) is 113 Å². The number of sulfonamides is 1. The number of ether oxygens (including phenoxy) is 1. The number of hydrogen-bond acceptors (Lipinski definition) is 5. The molecule has 1 aromatic carbocycles. The monoisotopic (exact) mass is 384 g/mol. The van der Waals surface area contributed by atoms with Crippen LogP contribution >= 0.6 is 0 Å². The second-order valence-corrected chi connectivity index (χ2v) is 8.15. The van der Waals surface area contributed by atoms with Gasteiger partial charge in [-0.05, 0) is 38.0 Å². The number of benzene rings is 1. The van der Waals surface area contributed by atoms with Gasteiger partial charge in [-0.25, -0.2) is 8.42 Å². The van der Waals surface area contributed by atoms with Crippen molar-refractivity contribution in [3.8, 4) is 5.75 Å². The van der Waals surface area contributed by atoms with Crippen molar-refractivity contribution >= 4 is 21.9 Å². The van der Waals surface area contributed by atoms with Gasteiger partial charge in [0, 0.05) is 13.1 Å². The Morgan fingerprint density at radius 1 is 1.19 bits per heavy atom. The molecule has 1 aliphatic heterocycles. The molecule has 0 unspecified atom stereocenters. The van der Waals surface area contributed by atoms with Crippen molar-refractivity contribution in [3.63, 3.8) is 0 Å². The summed E-state index contributed by atoms with van der Waals surface area (Å²) in [7, 11) is -2.37. The van der Waals surface area contributed by atoms with Gasteiger partial charge in [0.05, 0.1) is 17.6 Å². The van der Waals surface area contributed by atoms with Gasteiger partial charge in [0.15, 0.2) is 0 Å². The summed E-state index contributed by atoms with van der Waals surface area (Å²) in [4.78, 5) is 23.3. The van der Waals surface area contributed by atoms with E-state index in [2.05, 4.69) is 5.32 Å². The molecule has 2 N–H and O–H groups in total. The first-order chi connectivity index (χ1) is 12.3. The zero-order valence-corrected chi connectivity index (χ0v) is 15.7. The molecule has 1 atom stereocenters. The number of amides is 1. The lowest BCUT2D eigenvalue weighted by atomic mass is 10.1. The Morgan fingerprint density at radius 2 is 1.81 bits per heavy atom. The van der Waals surface area contributed by atoms with E-state index in [1.165, 1.54) is 36.5 Å². The Morgan fingerprint density at radius 3 is 2.35 bits per heavy atom. The molecule has 0 saturated carbocycles. The molecule has 8 nitrogen and oxygen atoms in total. The second-order valence-electron chi connectivity index (χ2n) is 6.21. The van der Waals surface area contributed by atoms with Crippen LogP contribution in [0.15, 0.2) is 23.1 Å². The van der Waals surface area contributed by atoms with Crippen LogP contribution in [0, 0.1) is 0 Å². The van der Waals surface area contributed by atoms with Crippen LogP contribution in [-0.2, 0) is 14.8 Å². The van der Waals surface area contributed by atoms with Crippen LogP contribution in [0.5, 0.6) is 5.75 Å². The van der Waals surface area contributed by atoms with Crippen molar-refractivity contribution in [2.75, 3.05) is 20.2 Å². The number of nitrogens with one attached hydrogen (secondary N) is 1. The fraction of sp³-hybridized carbons (Fsp3) is 0.529. The third-order valence-corrected chi connectivity index (χ3v) is 6.23. The number of carbonyl (C=O) groups is 2. The number of carboxylic acids is 1. The van der Waals surface area contributed by atoms with Crippen LogP contribution in [-0.4, -0.2) is 55.9 Å². The minimum Gasteiger partial charge on any atom is -0.496 e. The third-order valence-electron chi connectivity index (χ3n) is 4.34. The van der Waals surface area contributed by atoms with Crippen LogP contribution in [0.25, 0.3) is 0 Å². The van der Waals surface area contributed by atoms with Gasteiger partial charge < -0.3 is 15.2 Å². The number of carboxylic acid groups (broad SMARTS) is 1. The van der Waals surface area contributed by atoms with Crippen LogP contribution in [0.4, 0.5) is 0 Å². The molecule has 1 fully saturated rings. The van der Waals surface area contributed by atoms with Gasteiger partial charge in [0.1, 0.15) is 11.8 Å². The maximum atomic E-state index is 12.9. The number of nitrogens with zero attached hydrogens (tertiary/aromatic N) is 1. The van der Waals surface area contributed by atoms with E-state index in [0.717, 1.165) is 25.7 Å². The summed E-state index contributed by atoms with van der Waals surface area (Å²) >= 11 is 0. The van der Waals surface area contributed by atoms with Gasteiger partial charge in [-0.15, -0.1) is 0 Å². The molecule has 26 heavy (non-hydrogen) atoms. The molecule has 9 heteroatoms. The van der Waals surface area contributed by atoms with E-state index in [1.807, 2.05) is 0 Å². The van der Waals surface area contributed by atoms with Crippen molar-refractivity contribution in [2.24, 2.45) is 0 Å². The van der Waals surface area contributed by atoms with Gasteiger partial charge in [0.2, 0.25) is 10.0 Å². The Hall–Kier alpha value is -2.13. The van der Waals surface area contributed by atoms with Crippen molar-refractivity contribution in [1.29, 1.82) is 0 Å². The lowest BCUT2D eigenvalue weighted by Crippen LogP contribution is -2.38. The summed E-state index contributed by atoms with van der Waals surface area (Å²) in [5.74, 6) is -1.72. The Labute approximate surface area is 153 Å². The zero-order chi connectivity index (χ0) is 19.3. The molecule has 1 heterocycles. The standard InChI is InChI=1S/C17H24N2O6S/c1-12(17(21)22)18-16(20)14-11-13(7-8-15(14)25-2)26(23,24)19-9-5-3-4-6-10-19/h7-8,11-12H,3-6,9-10H2,1-2H3,(H,18,20)(H,21,22)/t12-/m1/s1. The average Bonchev–Trinajstić information content (AvgIpc) is 2.90. The van der Waals surface area contributed by atoms with Crippen molar-refractivity contribution in [1.82, 2.24) is 9.62 Å². The van der Waals surface area contributed by atoms with Crippen LogP contribution < -0.4 is 10.1 Å². The minimum absolute atomic E-state index is 0.00618. The number of methoxy groups -OCH3 is 1. The Balaban J connectivity index is 2.36. The first-order valence-corrected chi connectivity index (χ1v) is 9.93. The fourth-order valence-corrected chi connectivity index (χ4v) is 4.34. The molecule has 1 saturated heterocycles. The predicted molar refractivity (Wildman–Crippen MR) is 94.8 cm³/mol. The molecule has 0 aliphatic carbocycles. The molecule has 0 aromatic heterocycles. The average molecular weight is 384 g/mol. The van der Waals surface area contributed by atoms with E-state index >= 15 is 0 Å². The summed E-state index contributed by atoms with van der Waals surface area (Å²) in [5, 5.41) is 11.2. The molecule has 0 spiro atoms. The largest absolute Gasteiger partial charge is 0.496 e. The molecule has 0 bridgehead atoms. The molecule has 2 rings (SSSR count). The molecule has 0 radical (unpaired) electrons. The predicted octanol–water partition coefficient (Wildman–Crippen LogP) is 1.46. The number of aliphatic carboxylic acids is 1. The maximum absolute atomic E-state index is 12.9. The Bertz CT molecular complexity index is 769. The van der Waals surface area contributed by atoms with Crippen LogP contribution in [0.1, 0.15) is 43.0 Å². The molecule has 1 aliphatic rings. The van der Waals surface area contributed by atoms with Gasteiger partial charge in [-0.2, -0.15) is 4.31 Å². The smallest absolute Gasteiger partial charge is 0.325 e. The van der Waals surface area contributed by atoms with Crippen molar-refractivity contribution < 1.29 is 27.9 Å². The van der Waals surface area contributed by atoms with E-state index in [0.29, 0.717) is 13.1 Å². The lowest BCUT2D eigenvalue weighted by Gasteiger charge is -2.21. The van der Waals surface area contributed by atoms with Crippen LogP contribution in [0.3, 0.4) is 0 Å². The lowest BCUT2D eigenvalue weighted by molar-refractivity contribution is -0.138. The second kappa shape index (κ2) is 8.50. The first kappa shape index (κ1) is 20.2. The minimum atomic E-state index is -3.73. The first-order valence-electron chi connectivity index (χ1n) is 8.49. The van der Waals surface area contributed by atoms with E-state index in [-0.39, 0.29) is 16.2 Å². The molecule has 1 aromatic rings. The summed E-state index contributed by atoms with van der Waals surface area (Å²) in [6, 6.07) is 2.93. The number of rotatable bonds is 6. The molecular formula is C17H24N2O6S. The van der Waals surface area contributed by atoms with Crippen molar-refractivity contribution in [2.45, 2.75) is 43.5 Å². The summed E-state index contributed by atoms with van der Waals surface area (Å²) in [6.07, 6.45) is 3.60. The van der Waals surface area contributed by atoms with E-state index in [1.54, 1.807) is 0 Å². The highest BCUT2D eigenvalue weighted by Crippen LogP contribution is 2.26. The normalized spacial score (nSPS) is 17.2. The maximum Gasteiger partial charge on any atom is 0.325 e. The zero-order valence-electron chi connectivity index (χ0n) is 14.9. The van der Waals surface area contributed by atoms with Crippen LogP contribution in [0.2, 0.25) is 0 Å². The molecule has 1 amide bonds. The summed E-state index contributed by atoms with van der Waals surface area (Å²) in [5.41, 5.74) is -0.0171. The highest BCUT2D eigenvalue weighted by atomic mass is 32.2. The highest BCUT2D eigenvalue weighted by molar-refractivity contribution is 7.89. The summed E-state index contributed by atoms with van der Waals surface area (Å²) < 4.78 is 32.4. The summed E-state index contributed by atoms with van der Waals surface area (Å²) in [6.45, 7) is 2.22. The molecule has 144 valence electrons. The van der Waals surface area contributed by atoms with Gasteiger partial charge in [-0.3, -0.25) is 9.59 Å². The van der Waals surface area contributed by atoms with E-state index in [4.69, 9.17) is 9.84 Å². The van der Waals surface area contributed by atoms with Gasteiger partial charge in [-0.1, -0.05) is 12.8 Å². The SMILES string of the molecule is COc1ccc(S(=O)(=O)N2CCCCCC2)cc1C(=O)N[C@H](C)C(=O)O. The van der Waals surface area contributed by atoms with Crippen molar-refractivity contribution in [3.05, 3.63) is 23.8 Å². The van der Waals surface area contributed by atoms with Gasteiger partial charge in [0.25, 0.3) is 5.91 Å². The number of carbonyl (C=O) groups excluding carboxylic acids is 1. The quantitative estimate of drug-likeness (QED) is 0.768. The fourth-order valence-electron chi connectivity index (χ4n) is 2.79. The Kier molecular flexibility index (Phi) is 6.60. The van der Waals surface area contributed by atoms with E-state index in [9.17, 15) is 18.0 Å².